The number of aliphatic hydroxyl groups excluding tert-OH is 1. The molecule has 2 aliphatic carbocycles. The Balaban J connectivity index is 1.81. The van der Waals surface area contributed by atoms with Crippen molar-refractivity contribution in [1.82, 2.24) is 4.90 Å². The van der Waals surface area contributed by atoms with Gasteiger partial charge in [0.1, 0.15) is 11.9 Å². The van der Waals surface area contributed by atoms with E-state index in [1.54, 1.807) is 0 Å². The fourth-order valence-corrected chi connectivity index (χ4v) is 6.44. The van der Waals surface area contributed by atoms with Crippen LogP contribution in [0.25, 0.3) is 0 Å². The van der Waals surface area contributed by atoms with Crippen LogP contribution < -0.4 is 0 Å². The summed E-state index contributed by atoms with van der Waals surface area (Å²) in [6.45, 7) is 5.50. The summed E-state index contributed by atoms with van der Waals surface area (Å²) in [5, 5.41) is 10.7. The van der Waals surface area contributed by atoms with Crippen molar-refractivity contribution >= 4 is 11.8 Å². The lowest BCUT2D eigenvalue weighted by Gasteiger charge is -2.67. The summed E-state index contributed by atoms with van der Waals surface area (Å²) >= 11 is 0. The second-order valence-electron chi connectivity index (χ2n) is 8.14. The maximum absolute atomic E-state index is 12.8. The van der Waals surface area contributed by atoms with Crippen molar-refractivity contribution in [3.8, 4) is 0 Å². The number of piperidine rings is 2. The van der Waals surface area contributed by atoms with E-state index in [2.05, 4.69) is 11.8 Å². The van der Waals surface area contributed by atoms with Gasteiger partial charge in [0.25, 0.3) is 0 Å². The molecule has 0 unspecified atom stereocenters. The first kappa shape index (κ1) is 15.6. The molecule has 0 radical (unpaired) electrons. The third-order valence-corrected chi connectivity index (χ3v) is 7.05. The molecule has 23 heavy (non-hydrogen) atoms. The van der Waals surface area contributed by atoms with E-state index in [0.29, 0.717) is 12.2 Å². The number of ether oxygens (including phenoxy) is 1. The lowest BCUT2D eigenvalue weighted by Crippen LogP contribution is -2.76. The van der Waals surface area contributed by atoms with Crippen molar-refractivity contribution in [1.29, 1.82) is 0 Å². The smallest absolute Gasteiger partial charge is 0.302 e. The third-order valence-electron chi connectivity index (χ3n) is 7.05. The first-order valence-electron chi connectivity index (χ1n) is 9.08. The summed E-state index contributed by atoms with van der Waals surface area (Å²) in [7, 11) is 0. The average Bonchev–Trinajstić information content (AvgIpc) is 2.49. The van der Waals surface area contributed by atoms with Crippen molar-refractivity contribution in [3.05, 3.63) is 0 Å². The highest BCUT2D eigenvalue weighted by atomic mass is 16.5. The van der Waals surface area contributed by atoms with Gasteiger partial charge in [-0.2, -0.15) is 0 Å². The number of Topliss-reactive ketones (excluding diaryl/α,β-unsaturated/α-hetero) is 1. The fraction of sp³-hybridized carbons (Fsp3) is 0.889. The normalized spacial score (nSPS) is 49.4. The van der Waals surface area contributed by atoms with Gasteiger partial charge in [0.05, 0.1) is 6.10 Å². The van der Waals surface area contributed by atoms with Crippen LogP contribution in [-0.2, 0) is 14.3 Å². The zero-order chi connectivity index (χ0) is 16.4. The number of aliphatic hydroxyl groups is 1. The van der Waals surface area contributed by atoms with E-state index in [-0.39, 0.29) is 41.3 Å². The molecule has 0 amide bonds. The van der Waals surface area contributed by atoms with E-state index in [9.17, 15) is 14.7 Å². The molecule has 0 aromatic carbocycles. The van der Waals surface area contributed by atoms with Crippen molar-refractivity contribution < 1.29 is 19.4 Å². The number of ketones is 1. The molecule has 1 N–H and O–H groups in total. The van der Waals surface area contributed by atoms with Crippen LogP contribution in [0.1, 0.15) is 46.0 Å². The quantitative estimate of drug-likeness (QED) is 0.739. The Morgan fingerprint density at radius 1 is 1.35 bits per heavy atom. The fourth-order valence-electron chi connectivity index (χ4n) is 6.44. The van der Waals surface area contributed by atoms with Crippen LogP contribution in [0.4, 0.5) is 0 Å². The van der Waals surface area contributed by atoms with E-state index in [0.717, 1.165) is 38.8 Å². The van der Waals surface area contributed by atoms with Crippen molar-refractivity contribution in [2.45, 2.75) is 63.7 Å². The molecule has 5 heteroatoms. The van der Waals surface area contributed by atoms with Gasteiger partial charge in [0, 0.05) is 43.2 Å². The number of hydrogen-bond donors (Lipinski definition) is 1. The molecule has 0 aromatic heterocycles. The third kappa shape index (κ3) is 2.05. The van der Waals surface area contributed by atoms with Crippen LogP contribution in [0.5, 0.6) is 0 Å². The zero-order valence-electron chi connectivity index (χ0n) is 14.0. The Hall–Kier alpha value is -0.940. The minimum Gasteiger partial charge on any atom is -0.462 e. The van der Waals surface area contributed by atoms with Gasteiger partial charge in [0.2, 0.25) is 0 Å². The minimum atomic E-state index is -0.463. The molecule has 4 fully saturated rings. The molecule has 128 valence electrons. The Morgan fingerprint density at radius 3 is 2.87 bits per heavy atom. The van der Waals surface area contributed by atoms with Gasteiger partial charge in [0.15, 0.2) is 0 Å². The maximum Gasteiger partial charge on any atom is 0.302 e. The summed E-state index contributed by atoms with van der Waals surface area (Å²) < 4.78 is 5.69. The highest BCUT2D eigenvalue weighted by molar-refractivity contribution is 5.84. The van der Waals surface area contributed by atoms with Crippen LogP contribution in [0.3, 0.4) is 0 Å². The highest BCUT2D eigenvalue weighted by Gasteiger charge is 2.67. The molecule has 2 bridgehead atoms. The van der Waals surface area contributed by atoms with Gasteiger partial charge in [-0.15, -0.1) is 0 Å². The van der Waals surface area contributed by atoms with E-state index < -0.39 is 6.10 Å². The first-order valence-corrected chi connectivity index (χ1v) is 9.08. The second kappa shape index (κ2) is 5.28. The molecule has 4 rings (SSSR count). The van der Waals surface area contributed by atoms with E-state index >= 15 is 0 Å². The predicted molar refractivity (Wildman–Crippen MR) is 83.6 cm³/mol. The Kier molecular flexibility index (Phi) is 3.58. The van der Waals surface area contributed by atoms with Crippen LogP contribution in [0.15, 0.2) is 0 Å². The number of hydrogen-bond acceptors (Lipinski definition) is 5. The van der Waals surface area contributed by atoms with Crippen LogP contribution in [0, 0.1) is 23.7 Å². The zero-order valence-corrected chi connectivity index (χ0v) is 14.0. The summed E-state index contributed by atoms with van der Waals surface area (Å²) in [6, 6.07) is 0. The number of nitrogens with zero attached hydrogens (tertiary/aromatic N) is 1. The van der Waals surface area contributed by atoms with Crippen molar-refractivity contribution in [3.63, 3.8) is 0 Å². The predicted octanol–water partition coefficient (Wildman–Crippen LogP) is 1.38. The van der Waals surface area contributed by atoms with Crippen LogP contribution in [-0.4, -0.2) is 52.6 Å². The SMILES string of the molecule is CC(=O)O[C@H]1CCN2CCC[C@@H]3C(=O)C[C@@H]4[C@H](O)[C@@H](C)C[C@@]32[C@@H]41. The van der Waals surface area contributed by atoms with E-state index in [1.165, 1.54) is 6.92 Å². The van der Waals surface area contributed by atoms with Gasteiger partial charge >= 0.3 is 5.97 Å². The van der Waals surface area contributed by atoms with Gasteiger partial charge in [-0.1, -0.05) is 6.92 Å². The Morgan fingerprint density at radius 2 is 2.13 bits per heavy atom. The monoisotopic (exact) mass is 321 g/mol. The van der Waals surface area contributed by atoms with Crippen molar-refractivity contribution in [2.75, 3.05) is 13.1 Å². The molecule has 2 saturated carbocycles. The van der Waals surface area contributed by atoms with Gasteiger partial charge in [-0.3, -0.25) is 14.5 Å². The Bertz CT molecular complexity index is 535. The molecule has 2 aliphatic heterocycles. The molecular formula is C18H27NO4. The molecule has 5 nitrogen and oxygen atoms in total. The highest BCUT2D eigenvalue weighted by Crippen LogP contribution is 2.59. The van der Waals surface area contributed by atoms with Crippen molar-refractivity contribution in [2.24, 2.45) is 23.7 Å². The topological polar surface area (TPSA) is 66.8 Å². The van der Waals surface area contributed by atoms with Gasteiger partial charge in [-0.05, 0) is 38.1 Å². The Labute approximate surface area is 137 Å². The summed E-state index contributed by atoms with van der Waals surface area (Å²) in [4.78, 5) is 26.9. The first-order chi connectivity index (χ1) is 10.9. The lowest BCUT2D eigenvalue weighted by atomic mass is 9.47. The number of rotatable bonds is 1. The molecule has 1 spiro atoms. The molecule has 0 aromatic rings. The average molecular weight is 321 g/mol. The second-order valence-corrected chi connectivity index (χ2v) is 8.14. The number of carbonyl (C=O) groups excluding carboxylic acids is 2. The molecule has 7 atom stereocenters. The van der Waals surface area contributed by atoms with E-state index in [1.807, 2.05) is 0 Å². The van der Waals surface area contributed by atoms with Gasteiger partial charge in [-0.25, -0.2) is 0 Å². The standard InChI is InChI=1S/C18H27NO4/c1-10-9-18-13-4-3-6-19(18)7-5-15(23-11(2)20)16(18)12(17(10)22)8-14(13)21/h10,12-13,15-17,22H,3-9H2,1-2H3/t10-,12-,13+,15-,16-,17+,18-/m0/s1. The largest absolute Gasteiger partial charge is 0.462 e. The van der Waals surface area contributed by atoms with E-state index in [4.69, 9.17) is 4.74 Å². The number of esters is 1. The molecule has 4 aliphatic rings. The summed E-state index contributed by atoms with van der Waals surface area (Å²) in [5.41, 5.74) is -0.185. The summed E-state index contributed by atoms with van der Waals surface area (Å²) in [6.07, 6.45) is 3.54. The van der Waals surface area contributed by atoms with Crippen LogP contribution >= 0.6 is 0 Å². The maximum atomic E-state index is 12.8. The number of carbonyl (C=O) groups is 2. The minimum absolute atomic E-state index is 0.0609. The molecular weight excluding hydrogens is 294 g/mol. The molecule has 2 saturated heterocycles. The summed E-state index contributed by atoms with van der Waals surface area (Å²) in [5.74, 6) is 0.381. The molecule has 2 heterocycles. The lowest BCUT2D eigenvalue weighted by molar-refractivity contribution is -0.225. The van der Waals surface area contributed by atoms with Crippen LogP contribution in [0.2, 0.25) is 0 Å². The van der Waals surface area contributed by atoms with Gasteiger partial charge < -0.3 is 9.84 Å².